The van der Waals surface area contributed by atoms with Crippen molar-refractivity contribution in [1.29, 1.82) is 5.26 Å². The number of ether oxygens (including phenoxy) is 1. The van der Waals surface area contributed by atoms with Gasteiger partial charge < -0.3 is 10.1 Å². The number of rotatable bonds is 2. The fourth-order valence-corrected chi connectivity index (χ4v) is 3.14. The maximum absolute atomic E-state index is 11.8. The normalized spacial score (nSPS) is 34.1. The quantitative estimate of drug-likeness (QED) is 0.819. The second-order valence-corrected chi connectivity index (χ2v) is 6.60. The van der Waals surface area contributed by atoms with Crippen LogP contribution in [0.4, 0.5) is 4.79 Å². The third-order valence-electron chi connectivity index (χ3n) is 4.06. The lowest BCUT2D eigenvalue weighted by atomic mass is 9.57. The van der Waals surface area contributed by atoms with Gasteiger partial charge in [-0.2, -0.15) is 5.26 Å². The number of carbonyl (C=O) groups is 1. The van der Waals surface area contributed by atoms with Crippen LogP contribution in [0.3, 0.4) is 0 Å². The molecule has 0 aliphatic heterocycles. The van der Waals surface area contributed by atoms with E-state index in [0.29, 0.717) is 24.2 Å². The first kappa shape index (κ1) is 13.2. The molecule has 3 rings (SSSR count). The van der Waals surface area contributed by atoms with Crippen LogP contribution in [0, 0.1) is 29.1 Å². The summed E-state index contributed by atoms with van der Waals surface area (Å²) in [6.07, 6.45) is 3.54. The zero-order valence-electron chi connectivity index (χ0n) is 11.4. The van der Waals surface area contributed by atoms with Gasteiger partial charge in [0, 0.05) is 12.5 Å². The summed E-state index contributed by atoms with van der Waals surface area (Å²) in [6.45, 7) is 5.60. The maximum Gasteiger partial charge on any atom is 0.407 e. The van der Waals surface area contributed by atoms with E-state index in [9.17, 15) is 4.79 Å². The molecule has 0 aromatic heterocycles. The van der Waals surface area contributed by atoms with E-state index in [4.69, 9.17) is 10.00 Å². The minimum atomic E-state index is -0.451. The van der Waals surface area contributed by atoms with Gasteiger partial charge in [0.1, 0.15) is 5.60 Å². The number of fused-ring (bicyclic) bond motifs is 2. The Bertz CT molecular complexity index is 361. The molecular weight excluding hydrogens is 228 g/mol. The summed E-state index contributed by atoms with van der Waals surface area (Å²) in [4.78, 5) is 11.8. The molecule has 3 aliphatic rings. The Morgan fingerprint density at radius 2 is 2.00 bits per heavy atom. The van der Waals surface area contributed by atoms with Crippen molar-refractivity contribution in [3.63, 3.8) is 0 Å². The van der Waals surface area contributed by atoms with E-state index >= 15 is 0 Å². The van der Waals surface area contributed by atoms with Gasteiger partial charge in [-0.25, -0.2) is 4.79 Å². The molecule has 3 aliphatic carbocycles. The monoisotopic (exact) mass is 250 g/mol. The van der Waals surface area contributed by atoms with Crippen LogP contribution in [0.2, 0.25) is 0 Å². The standard InChI is InChI=1S/C14H22N2O2/c1-14(2,3)18-13(17)16-12-8-9(4-5-15)10-6-11(12)7-10/h9-12H,4,6-8H2,1-3H3,(H,16,17). The molecule has 2 atom stereocenters. The Labute approximate surface area is 109 Å². The number of nitrogens with one attached hydrogen (secondary N) is 1. The van der Waals surface area contributed by atoms with E-state index in [1.54, 1.807) is 0 Å². The van der Waals surface area contributed by atoms with Crippen molar-refractivity contribution in [2.45, 2.75) is 58.1 Å². The lowest BCUT2D eigenvalue weighted by molar-refractivity contribution is 0.00501. The molecule has 0 saturated heterocycles. The van der Waals surface area contributed by atoms with Crippen molar-refractivity contribution >= 4 is 6.09 Å². The smallest absolute Gasteiger partial charge is 0.407 e. The predicted octanol–water partition coefficient (Wildman–Crippen LogP) is 2.84. The van der Waals surface area contributed by atoms with Crippen LogP contribution in [0.1, 0.15) is 46.5 Å². The Morgan fingerprint density at radius 3 is 2.56 bits per heavy atom. The number of alkyl carbamates (subject to hydrolysis) is 1. The summed E-state index contributed by atoms with van der Waals surface area (Å²) in [5.41, 5.74) is -0.451. The Hall–Kier alpha value is -1.24. The highest BCUT2D eigenvalue weighted by Crippen LogP contribution is 2.50. The van der Waals surface area contributed by atoms with Gasteiger partial charge in [-0.1, -0.05) is 0 Å². The highest BCUT2D eigenvalue weighted by molar-refractivity contribution is 5.68. The number of nitrogens with zero attached hydrogens (tertiary/aromatic N) is 1. The van der Waals surface area contributed by atoms with Crippen LogP contribution in [-0.2, 0) is 4.74 Å². The molecule has 4 nitrogen and oxygen atoms in total. The molecule has 3 fully saturated rings. The molecule has 0 heterocycles. The van der Waals surface area contributed by atoms with Crippen LogP contribution in [0.25, 0.3) is 0 Å². The molecule has 4 heteroatoms. The van der Waals surface area contributed by atoms with E-state index < -0.39 is 5.60 Å². The van der Waals surface area contributed by atoms with Crippen molar-refractivity contribution in [1.82, 2.24) is 5.32 Å². The minimum absolute atomic E-state index is 0.197. The zero-order chi connectivity index (χ0) is 13.3. The average molecular weight is 250 g/mol. The second-order valence-electron chi connectivity index (χ2n) is 6.60. The van der Waals surface area contributed by atoms with Gasteiger partial charge in [0.05, 0.1) is 6.07 Å². The number of carbonyl (C=O) groups excluding carboxylic acids is 1. The Balaban J connectivity index is 1.86. The molecule has 100 valence electrons. The van der Waals surface area contributed by atoms with Crippen LogP contribution in [0.5, 0.6) is 0 Å². The SMILES string of the molecule is CC(C)(C)OC(=O)NC1CC(CC#N)C2CC1C2. The van der Waals surface area contributed by atoms with Gasteiger partial charge in [0.2, 0.25) is 0 Å². The second kappa shape index (κ2) is 4.79. The van der Waals surface area contributed by atoms with Gasteiger partial charge in [0.25, 0.3) is 0 Å². The van der Waals surface area contributed by atoms with Gasteiger partial charge in [-0.05, 0) is 57.8 Å². The molecule has 1 N–H and O–H groups in total. The largest absolute Gasteiger partial charge is 0.444 e. The fraction of sp³-hybridized carbons (Fsp3) is 0.857. The average Bonchev–Trinajstić information content (AvgIpc) is 2.11. The zero-order valence-corrected chi connectivity index (χ0v) is 11.4. The highest BCUT2D eigenvalue weighted by atomic mass is 16.6. The van der Waals surface area contributed by atoms with Crippen LogP contribution in [0.15, 0.2) is 0 Å². The van der Waals surface area contributed by atoms with Crippen molar-refractivity contribution in [3.8, 4) is 6.07 Å². The molecule has 0 radical (unpaired) electrons. The topological polar surface area (TPSA) is 62.1 Å². The Kier molecular flexibility index (Phi) is 3.52. The first-order valence-corrected chi connectivity index (χ1v) is 6.75. The summed E-state index contributed by atoms with van der Waals surface area (Å²) < 4.78 is 5.29. The van der Waals surface area contributed by atoms with Crippen molar-refractivity contribution in [3.05, 3.63) is 0 Å². The number of hydrogen-bond donors (Lipinski definition) is 1. The lowest BCUT2D eigenvalue weighted by Crippen LogP contribution is -2.53. The van der Waals surface area contributed by atoms with E-state index in [2.05, 4.69) is 11.4 Å². The maximum atomic E-state index is 11.8. The van der Waals surface area contributed by atoms with E-state index in [0.717, 1.165) is 19.3 Å². The number of amides is 1. The molecular formula is C14H22N2O2. The minimum Gasteiger partial charge on any atom is -0.444 e. The van der Waals surface area contributed by atoms with Crippen molar-refractivity contribution < 1.29 is 9.53 Å². The molecule has 18 heavy (non-hydrogen) atoms. The molecule has 0 spiro atoms. The van der Waals surface area contributed by atoms with Crippen molar-refractivity contribution in [2.75, 3.05) is 0 Å². The van der Waals surface area contributed by atoms with Gasteiger partial charge in [0.15, 0.2) is 0 Å². The lowest BCUT2D eigenvalue weighted by Gasteiger charge is -2.51. The van der Waals surface area contributed by atoms with E-state index in [-0.39, 0.29) is 12.1 Å². The number of hydrogen-bond acceptors (Lipinski definition) is 3. The molecule has 0 aromatic carbocycles. The Morgan fingerprint density at radius 1 is 1.33 bits per heavy atom. The van der Waals surface area contributed by atoms with E-state index in [1.807, 2.05) is 20.8 Å². The summed E-state index contributed by atoms with van der Waals surface area (Å²) in [7, 11) is 0. The molecule has 3 saturated carbocycles. The first-order chi connectivity index (χ1) is 8.39. The van der Waals surface area contributed by atoms with Crippen LogP contribution < -0.4 is 5.32 Å². The van der Waals surface area contributed by atoms with Gasteiger partial charge >= 0.3 is 6.09 Å². The van der Waals surface area contributed by atoms with Gasteiger partial charge in [-0.15, -0.1) is 0 Å². The highest BCUT2D eigenvalue weighted by Gasteiger charge is 2.46. The van der Waals surface area contributed by atoms with Gasteiger partial charge in [-0.3, -0.25) is 0 Å². The molecule has 2 unspecified atom stereocenters. The predicted molar refractivity (Wildman–Crippen MR) is 67.7 cm³/mol. The van der Waals surface area contributed by atoms with Crippen LogP contribution >= 0.6 is 0 Å². The summed E-state index contributed by atoms with van der Waals surface area (Å²) in [6, 6.07) is 2.46. The molecule has 2 bridgehead atoms. The third-order valence-corrected chi connectivity index (χ3v) is 4.06. The summed E-state index contributed by atoms with van der Waals surface area (Å²) in [5.74, 6) is 1.77. The fourth-order valence-electron chi connectivity index (χ4n) is 3.14. The van der Waals surface area contributed by atoms with Crippen molar-refractivity contribution in [2.24, 2.45) is 17.8 Å². The summed E-state index contributed by atoms with van der Waals surface area (Å²) in [5, 5.41) is 11.8. The molecule has 1 amide bonds. The van der Waals surface area contributed by atoms with Crippen LogP contribution in [-0.4, -0.2) is 17.7 Å². The van der Waals surface area contributed by atoms with E-state index in [1.165, 1.54) is 0 Å². The molecule has 0 aromatic rings. The third kappa shape index (κ3) is 2.95. The summed E-state index contributed by atoms with van der Waals surface area (Å²) >= 11 is 0. The number of nitriles is 1. The first-order valence-electron chi connectivity index (χ1n) is 6.75.